The average molecular weight is 495 g/mol. The largest absolute Gasteiger partial charge is 0.495 e. The van der Waals surface area contributed by atoms with Gasteiger partial charge in [-0.2, -0.15) is 0 Å². The lowest BCUT2D eigenvalue weighted by Crippen LogP contribution is -2.27. The van der Waals surface area contributed by atoms with Gasteiger partial charge >= 0.3 is 0 Å². The molecule has 32 heavy (non-hydrogen) atoms. The lowest BCUT2D eigenvalue weighted by Gasteiger charge is -2.23. The molecule has 0 aliphatic heterocycles. The smallest absolute Gasteiger partial charge is 0.264 e. The summed E-state index contributed by atoms with van der Waals surface area (Å²) in [4.78, 5) is -0.0949. The van der Waals surface area contributed by atoms with Crippen molar-refractivity contribution in [2.24, 2.45) is 0 Å². The van der Waals surface area contributed by atoms with E-state index >= 15 is 0 Å². The summed E-state index contributed by atoms with van der Waals surface area (Å²) in [5, 5.41) is 0.398. The van der Waals surface area contributed by atoms with Crippen LogP contribution in [0, 0.1) is 13.8 Å². The molecule has 0 bridgehead atoms. The molecule has 3 rings (SSSR count). The Morgan fingerprint density at radius 2 is 1.44 bits per heavy atom. The van der Waals surface area contributed by atoms with E-state index in [1.165, 1.54) is 56.6 Å². The van der Waals surface area contributed by atoms with Crippen molar-refractivity contribution < 1.29 is 21.6 Å². The molecule has 0 amide bonds. The number of sulfonamides is 2. The van der Waals surface area contributed by atoms with Gasteiger partial charge in [-0.3, -0.25) is 9.03 Å². The van der Waals surface area contributed by atoms with Crippen LogP contribution in [0.4, 0.5) is 11.4 Å². The van der Waals surface area contributed by atoms with Crippen molar-refractivity contribution in [1.29, 1.82) is 0 Å². The molecule has 0 spiro atoms. The second-order valence-corrected chi connectivity index (χ2v) is 11.2. The number of hydrogen-bond acceptors (Lipinski definition) is 5. The molecule has 0 atom stereocenters. The summed E-state index contributed by atoms with van der Waals surface area (Å²) < 4.78 is 61.3. The number of para-hydroxylation sites is 1. The standard InChI is InChI=1S/C22H23ClN2O5S2/c1-15-6-5-7-16(2)22(15)24-31(26,27)19-12-13-21(30-4)20(14-19)25(3)32(28,29)18-10-8-17(23)9-11-18/h5-14,24H,1-4H3. The molecule has 0 saturated heterocycles. The summed E-state index contributed by atoms with van der Waals surface area (Å²) in [6, 6.07) is 15.2. The van der Waals surface area contributed by atoms with Crippen molar-refractivity contribution in [3.63, 3.8) is 0 Å². The molecule has 0 aliphatic rings. The minimum atomic E-state index is -4.00. The van der Waals surface area contributed by atoms with Gasteiger partial charge in [0.05, 0.1) is 28.3 Å². The van der Waals surface area contributed by atoms with E-state index in [1.807, 2.05) is 6.07 Å². The maximum Gasteiger partial charge on any atom is 0.264 e. The first-order valence-corrected chi connectivity index (χ1v) is 12.8. The number of nitrogens with one attached hydrogen (secondary N) is 1. The van der Waals surface area contributed by atoms with Crippen LogP contribution in [0.1, 0.15) is 11.1 Å². The van der Waals surface area contributed by atoms with Gasteiger partial charge in [-0.05, 0) is 67.4 Å². The van der Waals surface area contributed by atoms with E-state index in [1.54, 1.807) is 26.0 Å². The molecule has 0 heterocycles. The highest BCUT2D eigenvalue weighted by Gasteiger charge is 2.26. The van der Waals surface area contributed by atoms with Gasteiger partial charge in [0.1, 0.15) is 5.75 Å². The fraction of sp³-hybridized carbons (Fsp3) is 0.182. The van der Waals surface area contributed by atoms with Gasteiger partial charge in [0.15, 0.2) is 0 Å². The molecule has 0 radical (unpaired) electrons. The van der Waals surface area contributed by atoms with Crippen LogP contribution < -0.4 is 13.8 Å². The fourth-order valence-corrected chi connectivity index (χ4v) is 5.69. The Bertz CT molecular complexity index is 1340. The van der Waals surface area contributed by atoms with E-state index in [0.717, 1.165) is 15.4 Å². The predicted octanol–water partition coefficient (Wildman–Crippen LogP) is 4.59. The van der Waals surface area contributed by atoms with Gasteiger partial charge in [0.2, 0.25) is 0 Å². The lowest BCUT2D eigenvalue weighted by atomic mass is 10.1. The molecule has 0 fully saturated rings. The van der Waals surface area contributed by atoms with Crippen LogP contribution in [0.3, 0.4) is 0 Å². The highest BCUT2D eigenvalue weighted by atomic mass is 35.5. The van der Waals surface area contributed by atoms with Crippen LogP contribution in [-0.4, -0.2) is 31.0 Å². The molecule has 0 aliphatic carbocycles. The highest BCUT2D eigenvalue weighted by Crippen LogP contribution is 2.34. The number of hydrogen-bond donors (Lipinski definition) is 1. The molecule has 0 unspecified atom stereocenters. The summed E-state index contributed by atoms with van der Waals surface area (Å²) in [5.74, 6) is 0.205. The molecule has 10 heteroatoms. The van der Waals surface area contributed by atoms with Crippen molar-refractivity contribution in [2.75, 3.05) is 23.2 Å². The first kappa shape index (κ1) is 23.9. The average Bonchev–Trinajstić information content (AvgIpc) is 2.75. The van der Waals surface area contributed by atoms with Crippen molar-refractivity contribution >= 4 is 43.0 Å². The Morgan fingerprint density at radius 3 is 2.00 bits per heavy atom. The maximum atomic E-state index is 13.1. The van der Waals surface area contributed by atoms with Crippen molar-refractivity contribution in [2.45, 2.75) is 23.6 Å². The Hall–Kier alpha value is -2.75. The lowest BCUT2D eigenvalue weighted by molar-refractivity contribution is 0.415. The maximum absolute atomic E-state index is 13.1. The van der Waals surface area contributed by atoms with Crippen molar-refractivity contribution in [3.05, 3.63) is 76.8 Å². The molecule has 3 aromatic rings. The number of rotatable bonds is 7. The van der Waals surface area contributed by atoms with Gasteiger partial charge in [-0.15, -0.1) is 0 Å². The van der Waals surface area contributed by atoms with Gasteiger partial charge < -0.3 is 4.74 Å². The minimum absolute atomic E-state index is 0.00775. The number of benzene rings is 3. The van der Waals surface area contributed by atoms with E-state index in [4.69, 9.17) is 16.3 Å². The quantitative estimate of drug-likeness (QED) is 0.518. The van der Waals surface area contributed by atoms with E-state index in [2.05, 4.69) is 4.72 Å². The highest BCUT2D eigenvalue weighted by molar-refractivity contribution is 7.93. The second kappa shape index (κ2) is 9.01. The zero-order chi connectivity index (χ0) is 23.7. The molecule has 0 aromatic heterocycles. The summed E-state index contributed by atoms with van der Waals surface area (Å²) in [5.41, 5.74) is 2.09. The Labute approximate surface area is 193 Å². The Morgan fingerprint density at radius 1 is 0.875 bits per heavy atom. The first-order valence-electron chi connectivity index (χ1n) is 9.49. The number of ether oxygens (including phenoxy) is 1. The van der Waals surface area contributed by atoms with Crippen LogP contribution in [0.5, 0.6) is 5.75 Å². The van der Waals surface area contributed by atoms with Crippen LogP contribution in [0.15, 0.2) is 70.5 Å². The van der Waals surface area contributed by atoms with Gasteiger partial charge in [0.25, 0.3) is 20.0 Å². The Kier molecular flexibility index (Phi) is 6.73. The number of halogens is 1. The number of anilines is 2. The van der Waals surface area contributed by atoms with Crippen LogP contribution >= 0.6 is 11.6 Å². The summed E-state index contributed by atoms with van der Waals surface area (Å²) in [6.07, 6.45) is 0. The molecular weight excluding hydrogens is 472 g/mol. The predicted molar refractivity (Wildman–Crippen MR) is 127 cm³/mol. The topological polar surface area (TPSA) is 92.8 Å². The molecule has 7 nitrogen and oxygen atoms in total. The normalized spacial score (nSPS) is 11.8. The van der Waals surface area contributed by atoms with Crippen molar-refractivity contribution in [1.82, 2.24) is 0 Å². The Balaban J connectivity index is 2.06. The molecule has 170 valence electrons. The van der Waals surface area contributed by atoms with Gasteiger partial charge in [-0.25, -0.2) is 16.8 Å². The molecule has 1 N–H and O–H groups in total. The van der Waals surface area contributed by atoms with Crippen LogP contribution in [0.25, 0.3) is 0 Å². The SMILES string of the molecule is COc1ccc(S(=O)(=O)Nc2c(C)cccc2C)cc1N(C)S(=O)(=O)c1ccc(Cl)cc1. The minimum Gasteiger partial charge on any atom is -0.495 e. The molecule has 0 saturated carbocycles. The van der Waals surface area contributed by atoms with E-state index < -0.39 is 20.0 Å². The monoisotopic (exact) mass is 494 g/mol. The van der Waals surface area contributed by atoms with Crippen LogP contribution in [-0.2, 0) is 20.0 Å². The zero-order valence-electron chi connectivity index (χ0n) is 18.0. The zero-order valence-corrected chi connectivity index (χ0v) is 20.3. The van der Waals surface area contributed by atoms with Gasteiger partial charge in [0, 0.05) is 12.1 Å². The third-order valence-electron chi connectivity index (χ3n) is 4.99. The summed E-state index contributed by atoms with van der Waals surface area (Å²) in [7, 11) is -5.29. The first-order chi connectivity index (χ1) is 15.0. The molecular formula is C22H23ClN2O5S2. The van der Waals surface area contributed by atoms with E-state index in [0.29, 0.717) is 10.7 Å². The van der Waals surface area contributed by atoms with E-state index in [9.17, 15) is 16.8 Å². The van der Waals surface area contributed by atoms with E-state index in [-0.39, 0.29) is 21.2 Å². The summed E-state index contributed by atoms with van der Waals surface area (Å²) >= 11 is 5.86. The summed E-state index contributed by atoms with van der Waals surface area (Å²) in [6.45, 7) is 3.60. The van der Waals surface area contributed by atoms with Crippen molar-refractivity contribution in [3.8, 4) is 5.75 Å². The third-order valence-corrected chi connectivity index (χ3v) is 8.37. The number of nitrogens with zero attached hydrogens (tertiary/aromatic N) is 1. The number of aryl methyl sites for hydroxylation is 2. The third kappa shape index (κ3) is 4.69. The number of methoxy groups -OCH3 is 1. The van der Waals surface area contributed by atoms with Crippen LogP contribution in [0.2, 0.25) is 5.02 Å². The molecule has 3 aromatic carbocycles. The fourth-order valence-electron chi connectivity index (χ4n) is 3.15. The van der Waals surface area contributed by atoms with Gasteiger partial charge in [-0.1, -0.05) is 29.8 Å². The second-order valence-electron chi connectivity index (χ2n) is 7.13.